The molecular formula is C61H91F2N9O15S. The number of nitrogens with two attached hydrogens (primary N) is 1. The van der Waals surface area contributed by atoms with Gasteiger partial charge in [-0.05, 0) is 48.1 Å². The third-order valence-corrected chi connectivity index (χ3v) is 14.0. The molecule has 1 aliphatic rings. The summed E-state index contributed by atoms with van der Waals surface area (Å²) in [5.41, 5.74) is 6.60. The Balaban J connectivity index is 0.977. The highest BCUT2D eigenvalue weighted by Gasteiger charge is 2.38. The molecule has 1 aromatic heterocycles. The fraction of sp³-hybridized carbons (Fsp3) is 0.607. The predicted molar refractivity (Wildman–Crippen MR) is 325 cm³/mol. The van der Waals surface area contributed by atoms with Crippen LogP contribution in [0.1, 0.15) is 71.3 Å². The summed E-state index contributed by atoms with van der Waals surface area (Å²) in [5.74, 6) is -3.15. The van der Waals surface area contributed by atoms with Crippen LogP contribution in [0, 0.1) is 23.0 Å². The number of rotatable bonds is 48. The van der Waals surface area contributed by atoms with Gasteiger partial charge < -0.3 is 74.4 Å². The van der Waals surface area contributed by atoms with Crippen LogP contribution in [-0.4, -0.2) is 223 Å². The first-order valence-electron chi connectivity index (χ1n) is 29.8. The molecule has 88 heavy (non-hydrogen) atoms. The number of thioether (sulfide) groups is 1. The van der Waals surface area contributed by atoms with E-state index in [1.807, 2.05) is 55.7 Å². The minimum Gasteiger partial charge on any atom is -0.379 e. The molecule has 0 aliphatic carbocycles. The first kappa shape index (κ1) is 74.2. The maximum Gasteiger partial charge on any atom is 0.253 e. The maximum absolute atomic E-state index is 15.1. The molecule has 2 aromatic carbocycles. The Morgan fingerprint density at radius 2 is 1.23 bits per heavy atom. The summed E-state index contributed by atoms with van der Waals surface area (Å²) in [7, 11) is 0. The summed E-state index contributed by atoms with van der Waals surface area (Å²) in [6.07, 6.45) is 4.60. The van der Waals surface area contributed by atoms with Gasteiger partial charge in [0.25, 0.3) is 11.8 Å². The standard InChI is InChI=1S/C61H91F2N9O15S/c1-45(2)57(69-52(74)17-23-80-25-27-82-29-31-84-33-35-86-37-38-87-36-34-85-32-30-83-28-26-81-24-19-65-51(73)16-22-71-54(76)14-15-55(71)77)60(79)67-41-53(75)66-20-39-88-44-56(78)72(21-9-18-64)58(61(3,4)5)59-68-50(48-40-47(62)12-13-49(48)63)43-70(59)42-46-10-7-6-8-11-46/h6-8,10-15,40,43,45,57-58H,9,16-39,41-42,44,64H2,1-5H3,(H,65,73)(H,66,75)(H,67,79)(H,69,74)/t57?,58-/m0/s1. The summed E-state index contributed by atoms with van der Waals surface area (Å²) < 4.78 is 75.4. The van der Waals surface area contributed by atoms with E-state index in [-0.39, 0.29) is 86.3 Å². The topological polar surface area (TPSA) is 292 Å². The first-order valence-corrected chi connectivity index (χ1v) is 30.9. The lowest BCUT2D eigenvalue weighted by Gasteiger charge is -2.40. The Morgan fingerprint density at radius 1 is 0.682 bits per heavy atom. The van der Waals surface area contributed by atoms with Crippen molar-refractivity contribution in [3.05, 3.63) is 89.9 Å². The molecule has 0 spiro atoms. The van der Waals surface area contributed by atoms with Crippen LogP contribution < -0.4 is 27.0 Å². The van der Waals surface area contributed by atoms with Gasteiger partial charge in [-0.25, -0.2) is 13.8 Å². The molecule has 4 rings (SSSR count). The van der Waals surface area contributed by atoms with Crippen molar-refractivity contribution in [2.45, 2.75) is 72.5 Å². The van der Waals surface area contributed by atoms with Gasteiger partial charge in [-0.3, -0.25) is 38.5 Å². The van der Waals surface area contributed by atoms with Crippen LogP contribution in [0.2, 0.25) is 0 Å². The molecule has 3 aromatic rings. The van der Waals surface area contributed by atoms with Crippen molar-refractivity contribution >= 4 is 53.1 Å². The van der Waals surface area contributed by atoms with E-state index in [4.69, 9.17) is 48.6 Å². The van der Waals surface area contributed by atoms with Gasteiger partial charge in [-0.2, -0.15) is 11.8 Å². The summed E-state index contributed by atoms with van der Waals surface area (Å²) in [4.78, 5) is 95.4. The van der Waals surface area contributed by atoms with Gasteiger partial charge in [0, 0.05) is 75.2 Å². The molecule has 2 heterocycles. The largest absolute Gasteiger partial charge is 0.379 e. The normalized spacial score (nSPS) is 13.1. The van der Waals surface area contributed by atoms with Gasteiger partial charge in [0.05, 0.1) is 130 Å². The van der Waals surface area contributed by atoms with Gasteiger partial charge >= 0.3 is 0 Å². The molecule has 0 saturated heterocycles. The first-order chi connectivity index (χ1) is 42.4. The number of benzene rings is 2. The molecule has 0 radical (unpaired) electrons. The van der Waals surface area contributed by atoms with Crippen molar-refractivity contribution in [1.82, 2.24) is 40.6 Å². The molecule has 1 unspecified atom stereocenters. The summed E-state index contributed by atoms with van der Waals surface area (Å²) in [6, 6.07) is 11.4. The zero-order chi connectivity index (χ0) is 63.9. The Bertz CT molecular complexity index is 2600. The fourth-order valence-corrected chi connectivity index (χ4v) is 9.41. The van der Waals surface area contributed by atoms with Crippen LogP contribution >= 0.6 is 11.8 Å². The number of halogens is 2. The molecular weight excluding hydrogens is 1170 g/mol. The van der Waals surface area contributed by atoms with Crippen LogP contribution in [-0.2, 0) is 78.0 Å². The summed E-state index contributed by atoms with van der Waals surface area (Å²) in [5, 5.41) is 10.8. The number of nitrogens with zero attached hydrogens (tertiary/aromatic N) is 4. The third-order valence-electron chi connectivity index (χ3n) is 13.1. The van der Waals surface area contributed by atoms with E-state index in [0.29, 0.717) is 137 Å². The molecule has 0 bridgehead atoms. The van der Waals surface area contributed by atoms with Crippen LogP contribution in [0.15, 0.2) is 66.9 Å². The predicted octanol–water partition coefficient (Wildman–Crippen LogP) is 3.20. The highest BCUT2D eigenvalue weighted by atomic mass is 32.2. The Labute approximate surface area is 519 Å². The van der Waals surface area contributed by atoms with E-state index in [2.05, 4.69) is 21.3 Å². The van der Waals surface area contributed by atoms with Gasteiger partial charge in [-0.15, -0.1) is 0 Å². The number of imide groups is 1. The zero-order valence-electron chi connectivity index (χ0n) is 51.5. The van der Waals surface area contributed by atoms with Crippen LogP contribution in [0.5, 0.6) is 0 Å². The van der Waals surface area contributed by atoms with E-state index in [1.54, 1.807) is 24.9 Å². The average molecular weight is 1260 g/mol. The van der Waals surface area contributed by atoms with E-state index in [0.717, 1.165) is 28.7 Å². The Kier molecular flexibility index (Phi) is 35.9. The fourth-order valence-electron chi connectivity index (χ4n) is 8.68. The Hall–Kier alpha value is -6.27. The summed E-state index contributed by atoms with van der Waals surface area (Å²) >= 11 is 1.33. The minimum atomic E-state index is -0.887. The van der Waals surface area contributed by atoms with E-state index < -0.39 is 52.8 Å². The van der Waals surface area contributed by atoms with Crippen molar-refractivity contribution in [3.63, 3.8) is 0 Å². The number of amides is 7. The molecule has 24 nitrogen and oxygen atoms in total. The Morgan fingerprint density at radius 3 is 1.77 bits per heavy atom. The molecule has 490 valence electrons. The van der Waals surface area contributed by atoms with Crippen LogP contribution in [0.4, 0.5) is 8.78 Å². The maximum atomic E-state index is 15.1. The third kappa shape index (κ3) is 29.4. The second-order valence-electron chi connectivity index (χ2n) is 21.5. The number of carbonyl (C=O) groups is 7. The number of hydrogen-bond donors (Lipinski definition) is 5. The smallest absolute Gasteiger partial charge is 0.253 e. The summed E-state index contributed by atoms with van der Waals surface area (Å²) in [6.45, 7) is 16.4. The highest BCUT2D eigenvalue weighted by Crippen LogP contribution is 2.40. The zero-order valence-corrected chi connectivity index (χ0v) is 52.4. The van der Waals surface area contributed by atoms with E-state index in [9.17, 15) is 38.0 Å². The molecule has 2 atom stereocenters. The molecule has 7 amide bonds. The number of nitrogens with one attached hydrogen (secondary N) is 4. The molecule has 27 heteroatoms. The van der Waals surface area contributed by atoms with Crippen molar-refractivity contribution in [3.8, 4) is 11.3 Å². The SMILES string of the molecule is CC(C)C(NC(=O)CCOCCOCCOCCOCCOCCOCCOCCOCCNC(=O)CCN1C(=O)C=CC1=O)C(=O)NCC(=O)NCCSCC(=O)N(CCCN)[C@@H](c1nc(-c2cc(F)ccc2F)cn1Cc1ccccc1)C(C)(C)C. The van der Waals surface area contributed by atoms with Gasteiger partial charge in [0.1, 0.15) is 23.5 Å². The second kappa shape index (κ2) is 42.6. The number of hydrogen-bond acceptors (Lipinski definition) is 18. The highest BCUT2D eigenvalue weighted by molar-refractivity contribution is 7.99. The monoisotopic (exact) mass is 1260 g/mol. The van der Waals surface area contributed by atoms with Crippen molar-refractivity contribution < 1.29 is 80.2 Å². The van der Waals surface area contributed by atoms with Crippen molar-refractivity contribution in [2.24, 2.45) is 17.1 Å². The molecule has 6 N–H and O–H groups in total. The van der Waals surface area contributed by atoms with E-state index >= 15 is 4.39 Å². The van der Waals surface area contributed by atoms with Crippen LogP contribution in [0.3, 0.4) is 0 Å². The van der Waals surface area contributed by atoms with Crippen LogP contribution in [0.25, 0.3) is 11.3 Å². The molecule has 1 aliphatic heterocycles. The second-order valence-corrected chi connectivity index (χ2v) is 22.6. The molecule has 0 saturated carbocycles. The lowest BCUT2D eigenvalue weighted by molar-refractivity contribution is -0.137. The van der Waals surface area contributed by atoms with Crippen molar-refractivity contribution in [1.29, 1.82) is 0 Å². The average Bonchev–Trinajstić information content (AvgIpc) is 1.66. The quantitative estimate of drug-likeness (QED) is 0.0401. The van der Waals surface area contributed by atoms with Crippen molar-refractivity contribution in [2.75, 3.05) is 156 Å². The van der Waals surface area contributed by atoms with Gasteiger partial charge in [0.15, 0.2) is 0 Å². The number of imidazole rings is 1. The van der Waals surface area contributed by atoms with Gasteiger partial charge in [0.2, 0.25) is 29.5 Å². The number of aromatic nitrogens is 2. The minimum absolute atomic E-state index is 0.00929. The lowest BCUT2D eigenvalue weighted by Crippen LogP contribution is -2.51. The van der Waals surface area contributed by atoms with Gasteiger partial charge in [-0.1, -0.05) is 65.0 Å². The number of carbonyl (C=O) groups excluding carboxylic acids is 7. The lowest BCUT2D eigenvalue weighted by atomic mass is 9.84. The van der Waals surface area contributed by atoms with E-state index in [1.165, 1.54) is 23.9 Å². The molecule has 0 fully saturated rings. The number of ether oxygens (including phenoxy) is 8.